The van der Waals surface area contributed by atoms with Crippen molar-refractivity contribution in [1.82, 2.24) is 4.31 Å². The van der Waals surface area contributed by atoms with Gasteiger partial charge >= 0.3 is 0 Å². The van der Waals surface area contributed by atoms with Crippen molar-refractivity contribution in [3.05, 3.63) is 81.4 Å². The summed E-state index contributed by atoms with van der Waals surface area (Å²) in [7, 11) is -3.62. The molecule has 7 heteroatoms. The van der Waals surface area contributed by atoms with Crippen LogP contribution in [0.1, 0.15) is 25.0 Å². The van der Waals surface area contributed by atoms with Gasteiger partial charge in [-0.3, -0.25) is 10.1 Å². The fraction of sp³-hybridized carbons (Fsp3) is 0.300. The summed E-state index contributed by atoms with van der Waals surface area (Å²) in [6.07, 6.45) is 2.35. The zero-order valence-corrected chi connectivity index (χ0v) is 16.6. The smallest absolute Gasteiger partial charge is 0.258 e. The lowest BCUT2D eigenvalue weighted by atomic mass is 10.1. The molecule has 0 heterocycles. The minimum absolute atomic E-state index is 0.0208. The predicted molar refractivity (Wildman–Crippen MR) is 106 cm³/mol. The summed E-state index contributed by atoms with van der Waals surface area (Å²) in [5.41, 5.74) is 2.90. The number of nitrogens with zero attached hydrogens (tertiary/aromatic N) is 2. The van der Waals surface area contributed by atoms with Crippen molar-refractivity contribution in [3.63, 3.8) is 0 Å². The number of nitro benzene ring substituents is 1. The summed E-state index contributed by atoms with van der Waals surface area (Å²) in [5.74, 6) is 0. The van der Waals surface area contributed by atoms with Gasteiger partial charge in [0.05, 0.1) is 9.82 Å². The van der Waals surface area contributed by atoms with Crippen LogP contribution in [0.4, 0.5) is 5.69 Å². The Bertz CT molecular complexity index is 913. The van der Waals surface area contributed by atoms with Crippen molar-refractivity contribution >= 4 is 15.7 Å². The third-order valence-electron chi connectivity index (χ3n) is 4.16. The van der Waals surface area contributed by atoms with Crippen molar-refractivity contribution in [1.29, 1.82) is 0 Å². The van der Waals surface area contributed by atoms with Crippen molar-refractivity contribution in [2.24, 2.45) is 0 Å². The van der Waals surface area contributed by atoms with Gasteiger partial charge in [-0.05, 0) is 44.9 Å². The van der Waals surface area contributed by atoms with Crippen LogP contribution in [-0.2, 0) is 16.4 Å². The zero-order valence-electron chi connectivity index (χ0n) is 15.8. The van der Waals surface area contributed by atoms with E-state index >= 15 is 0 Å². The Morgan fingerprint density at radius 3 is 2.19 bits per heavy atom. The van der Waals surface area contributed by atoms with Crippen LogP contribution in [0.2, 0.25) is 0 Å². The van der Waals surface area contributed by atoms with Crippen LogP contribution >= 0.6 is 0 Å². The second-order valence-electron chi connectivity index (χ2n) is 6.63. The van der Waals surface area contributed by atoms with Gasteiger partial charge in [0, 0.05) is 25.2 Å². The van der Waals surface area contributed by atoms with Gasteiger partial charge in [0.2, 0.25) is 10.0 Å². The molecule has 0 amide bonds. The van der Waals surface area contributed by atoms with Crippen LogP contribution in [-0.4, -0.2) is 30.7 Å². The fourth-order valence-corrected chi connectivity index (χ4v) is 3.87. The molecule has 0 saturated heterocycles. The topological polar surface area (TPSA) is 80.5 Å². The molecule has 0 unspecified atom stereocenters. The molecule has 2 rings (SSSR count). The Hall–Kier alpha value is -2.51. The third-order valence-corrected chi connectivity index (χ3v) is 6.04. The van der Waals surface area contributed by atoms with Crippen LogP contribution in [0.3, 0.4) is 0 Å². The van der Waals surface area contributed by atoms with Gasteiger partial charge in [-0.1, -0.05) is 41.5 Å². The Morgan fingerprint density at radius 2 is 1.67 bits per heavy atom. The number of sulfonamides is 1. The Labute approximate surface area is 160 Å². The van der Waals surface area contributed by atoms with Crippen molar-refractivity contribution in [2.75, 3.05) is 13.1 Å². The molecule has 144 valence electrons. The number of aryl methyl sites for hydroxylation is 1. The average molecular weight is 388 g/mol. The summed E-state index contributed by atoms with van der Waals surface area (Å²) in [6.45, 7) is 6.33. The van der Waals surface area contributed by atoms with E-state index in [4.69, 9.17) is 0 Å². The van der Waals surface area contributed by atoms with E-state index in [9.17, 15) is 18.5 Å². The molecule has 0 aliphatic heterocycles. The molecule has 0 N–H and O–H groups in total. The first kappa shape index (κ1) is 20.8. The van der Waals surface area contributed by atoms with Crippen molar-refractivity contribution < 1.29 is 13.3 Å². The molecule has 0 bridgehead atoms. The molecule has 6 nitrogen and oxygen atoms in total. The van der Waals surface area contributed by atoms with Gasteiger partial charge in [0.25, 0.3) is 5.69 Å². The minimum atomic E-state index is -3.62. The molecule has 2 aromatic rings. The average Bonchev–Trinajstić information content (AvgIpc) is 2.62. The number of rotatable bonds is 8. The molecule has 0 spiro atoms. The summed E-state index contributed by atoms with van der Waals surface area (Å²) < 4.78 is 27.5. The predicted octanol–water partition coefficient (Wildman–Crippen LogP) is 4.10. The number of nitro groups is 1. The van der Waals surface area contributed by atoms with Gasteiger partial charge < -0.3 is 0 Å². The Kier molecular flexibility index (Phi) is 6.87. The van der Waals surface area contributed by atoms with Gasteiger partial charge in [-0.25, -0.2) is 8.42 Å². The van der Waals surface area contributed by atoms with E-state index < -0.39 is 14.9 Å². The zero-order chi connectivity index (χ0) is 20.0. The maximum absolute atomic E-state index is 13.0. The summed E-state index contributed by atoms with van der Waals surface area (Å²) in [5, 5.41) is 10.8. The van der Waals surface area contributed by atoms with Gasteiger partial charge in [0.15, 0.2) is 0 Å². The highest BCUT2D eigenvalue weighted by molar-refractivity contribution is 7.89. The Balaban J connectivity index is 2.22. The number of hydrogen-bond acceptors (Lipinski definition) is 4. The highest BCUT2D eigenvalue weighted by Gasteiger charge is 2.23. The van der Waals surface area contributed by atoms with E-state index in [1.807, 2.05) is 26.8 Å². The van der Waals surface area contributed by atoms with Gasteiger partial charge in [0.1, 0.15) is 0 Å². The largest absolute Gasteiger partial charge is 0.269 e. The Morgan fingerprint density at radius 1 is 1.07 bits per heavy atom. The second kappa shape index (κ2) is 8.92. The molecule has 2 aromatic carbocycles. The quantitative estimate of drug-likeness (QED) is 0.387. The van der Waals surface area contributed by atoms with Gasteiger partial charge in [-0.15, -0.1) is 0 Å². The van der Waals surface area contributed by atoms with Gasteiger partial charge in [-0.2, -0.15) is 4.31 Å². The highest BCUT2D eigenvalue weighted by atomic mass is 32.2. The molecule has 0 aliphatic rings. The highest BCUT2D eigenvalue weighted by Crippen LogP contribution is 2.18. The maximum Gasteiger partial charge on any atom is 0.269 e. The van der Waals surface area contributed by atoms with Crippen LogP contribution < -0.4 is 0 Å². The monoisotopic (exact) mass is 388 g/mol. The van der Waals surface area contributed by atoms with Crippen LogP contribution in [0.15, 0.2) is 65.1 Å². The van der Waals surface area contributed by atoms with Crippen molar-refractivity contribution in [3.8, 4) is 0 Å². The molecular formula is C20H24N2O4S. The molecule has 0 aromatic heterocycles. The SMILES string of the molecule is CC(C)=CCN(CCc1ccc([N+](=O)[O-])cc1)S(=O)(=O)c1ccc(C)cc1. The fourth-order valence-electron chi connectivity index (χ4n) is 2.49. The normalized spacial score (nSPS) is 11.4. The van der Waals surface area contributed by atoms with Crippen LogP contribution in [0, 0.1) is 17.0 Å². The van der Waals surface area contributed by atoms with Crippen molar-refractivity contribution in [2.45, 2.75) is 32.1 Å². The maximum atomic E-state index is 13.0. The first-order chi connectivity index (χ1) is 12.7. The third kappa shape index (κ3) is 5.74. The lowest BCUT2D eigenvalue weighted by Gasteiger charge is -2.21. The number of hydrogen-bond donors (Lipinski definition) is 0. The number of non-ortho nitro benzene ring substituents is 1. The first-order valence-corrected chi connectivity index (χ1v) is 10.1. The van der Waals surface area contributed by atoms with E-state index in [0.717, 1.165) is 16.7 Å². The molecule has 0 aliphatic carbocycles. The molecule has 0 atom stereocenters. The minimum Gasteiger partial charge on any atom is -0.258 e. The van der Waals surface area contributed by atoms with E-state index in [1.54, 1.807) is 36.4 Å². The van der Waals surface area contributed by atoms with E-state index in [0.29, 0.717) is 6.42 Å². The molecular weight excluding hydrogens is 364 g/mol. The van der Waals surface area contributed by atoms with Crippen LogP contribution in [0.25, 0.3) is 0 Å². The molecule has 0 saturated carbocycles. The lowest BCUT2D eigenvalue weighted by Crippen LogP contribution is -2.33. The molecule has 0 radical (unpaired) electrons. The number of allylic oxidation sites excluding steroid dienone is 1. The second-order valence-corrected chi connectivity index (χ2v) is 8.57. The summed E-state index contributed by atoms with van der Waals surface area (Å²) in [6, 6.07) is 13.0. The molecule has 27 heavy (non-hydrogen) atoms. The van der Waals surface area contributed by atoms with E-state index in [1.165, 1.54) is 16.4 Å². The summed E-state index contributed by atoms with van der Waals surface area (Å²) >= 11 is 0. The number of benzene rings is 2. The first-order valence-electron chi connectivity index (χ1n) is 8.63. The standard InChI is InChI=1S/C20H24N2O4S/c1-16(2)12-14-21(27(25,26)20-10-4-17(3)5-11-20)15-13-18-6-8-19(9-7-18)22(23)24/h4-12H,13-15H2,1-3H3. The summed E-state index contributed by atoms with van der Waals surface area (Å²) in [4.78, 5) is 10.6. The molecule has 0 fully saturated rings. The lowest BCUT2D eigenvalue weighted by molar-refractivity contribution is -0.384. The van der Waals surface area contributed by atoms with E-state index in [2.05, 4.69) is 0 Å². The van der Waals surface area contributed by atoms with Crippen LogP contribution in [0.5, 0.6) is 0 Å². The van der Waals surface area contributed by atoms with E-state index in [-0.39, 0.29) is 23.7 Å².